The summed E-state index contributed by atoms with van der Waals surface area (Å²) in [5, 5.41) is 29.1. The monoisotopic (exact) mass is 1120 g/mol. The first-order chi connectivity index (χ1) is 37.2. The second kappa shape index (κ2) is 36.4. The molecule has 0 aromatic carbocycles. The van der Waals surface area contributed by atoms with E-state index in [1.54, 1.807) is 13.8 Å². The van der Waals surface area contributed by atoms with E-state index < -0.39 is 152 Å². The number of amides is 11. The third-order valence-electron chi connectivity index (χ3n) is 11.3. The lowest BCUT2D eigenvalue weighted by molar-refractivity contribution is -0.143. The molecule has 34 heteroatoms. The molecule has 79 heavy (non-hydrogen) atoms. The van der Waals surface area contributed by atoms with Gasteiger partial charge in [-0.2, -0.15) is 0 Å². The van der Waals surface area contributed by atoms with Gasteiger partial charge >= 0.3 is 5.97 Å². The number of primary amides is 3. The molecule has 1 aromatic heterocycles. The smallest absolute Gasteiger partial charge is 0.326 e. The van der Waals surface area contributed by atoms with Crippen molar-refractivity contribution in [3.63, 3.8) is 0 Å². The van der Waals surface area contributed by atoms with Gasteiger partial charge in [-0.05, 0) is 70.3 Å². The number of hydrogen-bond donors (Lipinski definition) is 19. The molecule has 0 bridgehead atoms. The fraction of sp³-hybridized carbons (Fsp3) is 0.622. The van der Waals surface area contributed by atoms with Gasteiger partial charge in [0.1, 0.15) is 48.3 Å². The summed E-state index contributed by atoms with van der Waals surface area (Å²) in [5.41, 5.74) is 49.3. The Morgan fingerprint density at radius 3 is 1.29 bits per heavy atom. The van der Waals surface area contributed by atoms with Crippen LogP contribution in [0.4, 0.5) is 0 Å². The highest BCUT2D eigenvalue weighted by atomic mass is 16.4. The first-order valence-corrected chi connectivity index (χ1v) is 25.1. The Hall–Kier alpha value is -8.69. The van der Waals surface area contributed by atoms with E-state index in [2.05, 4.69) is 62.5 Å². The molecule has 1 heterocycles. The number of aliphatic imine (C=N–C) groups is 2. The van der Waals surface area contributed by atoms with E-state index in [0.717, 1.165) is 0 Å². The maximum atomic E-state index is 14.5. The Bertz CT molecular complexity index is 2290. The Labute approximate surface area is 454 Å². The van der Waals surface area contributed by atoms with E-state index in [1.165, 1.54) is 12.5 Å². The van der Waals surface area contributed by atoms with E-state index in [-0.39, 0.29) is 88.8 Å². The Morgan fingerprint density at radius 2 is 0.911 bits per heavy atom. The van der Waals surface area contributed by atoms with Crippen molar-refractivity contribution in [2.24, 2.45) is 67.5 Å². The van der Waals surface area contributed by atoms with E-state index in [1.807, 2.05) is 0 Å². The molecular weight excluding hydrogens is 1040 g/mol. The van der Waals surface area contributed by atoms with Crippen molar-refractivity contribution >= 4 is 82.9 Å². The molecule has 0 saturated heterocycles. The minimum absolute atomic E-state index is 0.0140. The molecular formula is C45H79N21O13. The summed E-state index contributed by atoms with van der Waals surface area (Å²) in [5.74, 6) is -13.2. The summed E-state index contributed by atoms with van der Waals surface area (Å²) in [6, 6.07) is -12.5. The number of aliphatic carboxylic acids is 1. The summed E-state index contributed by atoms with van der Waals surface area (Å²) in [4.78, 5) is 172. The number of H-pyrrole nitrogens is 1. The zero-order valence-electron chi connectivity index (χ0n) is 44.3. The number of rotatable bonds is 40. The molecule has 1 rings (SSSR count). The Kier molecular flexibility index (Phi) is 31.4. The number of imidazole rings is 1. The third kappa shape index (κ3) is 28.9. The molecule has 28 N–H and O–H groups in total. The molecule has 0 spiro atoms. The van der Waals surface area contributed by atoms with E-state index in [0.29, 0.717) is 12.1 Å². The largest absolute Gasteiger partial charge is 0.480 e. The van der Waals surface area contributed by atoms with E-state index >= 15 is 0 Å². The van der Waals surface area contributed by atoms with Gasteiger partial charge in [-0.3, -0.25) is 62.7 Å². The number of aromatic nitrogens is 2. The fourth-order valence-electron chi connectivity index (χ4n) is 7.36. The van der Waals surface area contributed by atoms with Crippen molar-refractivity contribution in [2.75, 3.05) is 26.2 Å². The summed E-state index contributed by atoms with van der Waals surface area (Å²) < 4.78 is 0. The van der Waals surface area contributed by atoms with Crippen LogP contribution < -0.4 is 94.1 Å². The topological polar surface area (TPSA) is 609 Å². The molecule has 0 fully saturated rings. The van der Waals surface area contributed by atoms with Crippen LogP contribution in [0.5, 0.6) is 0 Å². The van der Waals surface area contributed by atoms with Gasteiger partial charge in [0, 0.05) is 37.8 Å². The second-order valence-corrected chi connectivity index (χ2v) is 18.5. The number of aromatic amines is 1. The van der Waals surface area contributed by atoms with Crippen molar-refractivity contribution in [1.82, 2.24) is 52.5 Å². The average Bonchev–Trinajstić information content (AvgIpc) is 3.88. The van der Waals surface area contributed by atoms with Crippen molar-refractivity contribution in [1.29, 1.82) is 0 Å². The lowest BCUT2D eigenvalue weighted by Crippen LogP contribution is -2.60. The number of nitrogens with zero attached hydrogens (tertiary/aromatic N) is 3. The lowest BCUT2D eigenvalue weighted by Gasteiger charge is -2.28. The van der Waals surface area contributed by atoms with Crippen molar-refractivity contribution in [3.05, 3.63) is 18.2 Å². The van der Waals surface area contributed by atoms with Crippen LogP contribution in [0.25, 0.3) is 0 Å². The maximum absolute atomic E-state index is 14.5. The third-order valence-corrected chi connectivity index (χ3v) is 11.3. The van der Waals surface area contributed by atoms with Crippen LogP contribution in [0.2, 0.25) is 0 Å². The predicted molar refractivity (Wildman–Crippen MR) is 283 cm³/mol. The second-order valence-electron chi connectivity index (χ2n) is 18.5. The molecule has 34 nitrogen and oxygen atoms in total. The van der Waals surface area contributed by atoms with Crippen molar-refractivity contribution in [2.45, 2.75) is 146 Å². The fourth-order valence-corrected chi connectivity index (χ4v) is 7.36. The number of unbranched alkanes of at least 4 members (excludes halogenated alkanes) is 1. The van der Waals surface area contributed by atoms with Crippen LogP contribution in [0.3, 0.4) is 0 Å². The summed E-state index contributed by atoms with van der Waals surface area (Å²) in [6.07, 6.45) is -0.00258. The normalized spacial score (nSPS) is 13.9. The molecule has 0 aliphatic carbocycles. The zero-order valence-corrected chi connectivity index (χ0v) is 44.3. The van der Waals surface area contributed by atoms with Crippen molar-refractivity contribution < 1.29 is 62.6 Å². The Balaban J connectivity index is 3.75. The van der Waals surface area contributed by atoms with Crippen LogP contribution in [0.1, 0.15) is 96.6 Å². The Morgan fingerprint density at radius 1 is 0.519 bits per heavy atom. The quantitative estimate of drug-likeness (QED) is 0.0165. The molecule has 0 aliphatic rings. The molecule has 1 aromatic rings. The highest BCUT2D eigenvalue weighted by Crippen LogP contribution is 2.11. The standard InChI is InChI=1S/C45H79N21O13/c1-22(2)15-31(43(78)79)66-42(77)30(18-34(50)69)65-38(73)26(9-6-14-57-45(53)54)61-36(71)25(8-5-13-56-44(51)52)62-40(75)28(16-23-20-55-21-58-23)64-37(72)24(7-3-4-12-46)60-39(74)27(10-11-32(48)67)63-41(76)29(17-33(49)68)59-35(70)19-47/h20-22,24-31H,3-19,46-47H2,1-2H3,(H2,48,67)(H2,49,68)(H2,50,69)(H,55,58)(H,59,70)(H,60,74)(H,61,71)(H,62,75)(H,63,76)(H,64,72)(H,65,73)(H,66,77)(H,78,79)(H4,51,52,56)(H4,53,54,57)/t24-,25-,26-,27-,28-,29-,30-,31-/m0/s1. The number of nitrogens with one attached hydrogen (secondary N) is 9. The molecule has 0 saturated carbocycles. The molecule has 0 radical (unpaired) electrons. The molecule has 11 amide bonds. The molecule has 0 unspecified atom stereocenters. The number of nitrogens with two attached hydrogens (primary N) is 9. The van der Waals surface area contributed by atoms with Gasteiger partial charge in [0.2, 0.25) is 65.0 Å². The van der Waals surface area contributed by atoms with Crippen LogP contribution in [-0.4, -0.2) is 172 Å². The van der Waals surface area contributed by atoms with Crippen LogP contribution >= 0.6 is 0 Å². The van der Waals surface area contributed by atoms with E-state index in [9.17, 15) is 62.6 Å². The minimum atomic E-state index is -1.72. The minimum Gasteiger partial charge on any atom is -0.480 e. The number of carbonyl (C=O) groups excluding carboxylic acids is 11. The highest BCUT2D eigenvalue weighted by Gasteiger charge is 2.36. The maximum Gasteiger partial charge on any atom is 0.326 e. The number of guanidine groups is 2. The van der Waals surface area contributed by atoms with Crippen molar-refractivity contribution in [3.8, 4) is 0 Å². The summed E-state index contributed by atoms with van der Waals surface area (Å²) in [7, 11) is 0. The van der Waals surface area contributed by atoms with Gasteiger partial charge in [-0.25, -0.2) is 9.78 Å². The molecule has 0 aliphatic heterocycles. The molecule has 8 atom stereocenters. The van der Waals surface area contributed by atoms with Gasteiger partial charge in [-0.15, -0.1) is 0 Å². The number of carboxylic acids is 1. The predicted octanol–water partition coefficient (Wildman–Crippen LogP) is -8.83. The average molecular weight is 1120 g/mol. The summed E-state index contributed by atoms with van der Waals surface area (Å²) >= 11 is 0. The molecule has 442 valence electrons. The zero-order chi connectivity index (χ0) is 59.8. The van der Waals surface area contributed by atoms with Gasteiger partial charge in [0.15, 0.2) is 11.9 Å². The van der Waals surface area contributed by atoms with Gasteiger partial charge in [0.25, 0.3) is 0 Å². The number of carboxylic acid groups (broad SMARTS) is 1. The first kappa shape index (κ1) is 68.3. The van der Waals surface area contributed by atoms with Gasteiger partial charge in [-0.1, -0.05) is 13.8 Å². The number of hydrogen-bond acceptors (Lipinski definition) is 17. The SMILES string of the molecule is CC(C)C[C@H](NC(=O)[C@H](CC(N)=O)NC(=O)[C@H](CCCN=C(N)N)NC(=O)[C@H](CCCN=C(N)N)NC(=O)[C@H](Cc1cnc[nH]1)NC(=O)[C@H](CCCCN)NC(=O)[C@H](CCC(N)=O)NC(=O)[C@H](CC(N)=O)NC(=O)CN)C(=O)O. The van der Waals surface area contributed by atoms with E-state index in [4.69, 9.17) is 51.6 Å². The number of carbonyl (C=O) groups is 12. The van der Waals surface area contributed by atoms with Crippen LogP contribution in [0.15, 0.2) is 22.5 Å². The van der Waals surface area contributed by atoms with Crippen LogP contribution in [-0.2, 0) is 64.0 Å². The highest BCUT2D eigenvalue weighted by molar-refractivity contribution is 5.99. The van der Waals surface area contributed by atoms with Gasteiger partial charge < -0.3 is 104 Å². The van der Waals surface area contributed by atoms with Gasteiger partial charge in [0.05, 0.1) is 25.7 Å². The first-order valence-electron chi connectivity index (χ1n) is 25.1. The van der Waals surface area contributed by atoms with Crippen LogP contribution in [0, 0.1) is 5.92 Å². The lowest BCUT2D eigenvalue weighted by atomic mass is 10.0. The summed E-state index contributed by atoms with van der Waals surface area (Å²) in [6.45, 7) is 2.89.